The molecule has 13 heteroatoms. The Hall–Kier alpha value is -4.23. The van der Waals surface area contributed by atoms with Crippen LogP contribution in [0.5, 0.6) is 5.75 Å². The fraction of sp³-hybridized carbons (Fsp3) is 0.357. The van der Waals surface area contributed by atoms with Crippen molar-refractivity contribution < 1.29 is 42.0 Å². The standard InChI is InChI=1S/C28H25F3N4O6/c29-28(30,31)21-22(14-5-2-1-3-6-14)34-40-24(21)26-33-25(35-41-26)15-9-10-18-20(12-15)39-13-19(23(18)36)32-17-8-4-7-16(11-17)27(37)38/h1-3,5-6,9-10,12,16-17,19,23,32,36H,4,7-8,11,13H2,(H,37,38)/t16-,17+,19+,23+/m1/s1. The molecule has 6 rings (SSSR count). The molecule has 4 atom stereocenters. The average Bonchev–Trinajstić information content (AvgIpc) is 3.63. The molecule has 1 aliphatic heterocycles. The number of carboxylic acid groups (broad SMARTS) is 1. The first-order chi connectivity index (χ1) is 19.7. The van der Waals surface area contributed by atoms with E-state index in [0.717, 1.165) is 12.8 Å². The molecule has 1 fully saturated rings. The van der Waals surface area contributed by atoms with Crippen LogP contribution in [0.2, 0.25) is 0 Å². The highest BCUT2D eigenvalue weighted by atomic mass is 19.4. The van der Waals surface area contributed by atoms with Gasteiger partial charge in [0.2, 0.25) is 11.6 Å². The van der Waals surface area contributed by atoms with Crippen LogP contribution in [0.3, 0.4) is 0 Å². The van der Waals surface area contributed by atoms with Crippen LogP contribution in [0.4, 0.5) is 13.2 Å². The van der Waals surface area contributed by atoms with Crippen LogP contribution < -0.4 is 10.1 Å². The summed E-state index contributed by atoms with van der Waals surface area (Å²) in [6, 6.07) is 12.1. The van der Waals surface area contributed by atoms with Crippen LogP contribution >= 0.6 is 0 Å². The van der Waals surface area contributed by atoms with Crippen LogP contribution in [0.25, 0.3) is 34.3 Å². The van der Waals surface area contributed by atoms with Gasteiger partial charge < -0.3 is 29.3 Å². The number of carbonyl (C=O) groups is 1. The van der Waals surface area contributed by atoms with E-state index in [4.69, 9.17) is 13.8 Å². The van der Waals surface area contributed by atoms with E-state index in [9.17, 15) is 28.2 Å². The van der Waals surface area contributed by atoms with Gasteiger partial charge in [-0.3, -0.25) is 4.79 Å². The topological polar surface area (TPSA) is 144 Å². The highest BCUT2D eigenvalue weighted by Crippen LogP contribution is 2.43. The lowest BCUT2D eigenvalue weighted by atomic mass is 9.85. The number of alkyl halides is 3. The zero-order valence-electron chi connectivity index (χ0n) is 21.5. The van der Waals surface area contributed by atoms with Crippen LogP contribution in [-0.4, -0.2) is 50.2 Å². The number of benzene rings is 2. The summed E-state index contributed by atoms with van der Waals surface area (Å²) in [6.07, 6.45) is -2.99. The van der Waals surface area contributed by atoms with E-state index in [1.54, 1.807) is 36.4 Å². The second kappa shape index (κ2) is 10.6. The summed E-state index contributed by atoms with van der Waals surface area (Å²) in [5.41, 5.74) is -0.391. The Morgan fingerprint density at radius 1 is 1.02 bits per heavy atom. The fourth-order valence-corrected chi connectivity index (χ4v) is 5.46. The van der Waals surface area contributed by atoms with E-state index in [-0.39, 0.29) is 29.7 Å². The minimum Gasteiger partial charge on any atom is -0.491 e. The van der Waals surface area contributed by atoms with Gasteiger partial charge >= 0.3 is 12.1 Å². The Balaban J connectivity index is 1.22. The van der Waals surface area contributed by atoms with Gasteiger partial charge in [-0.2, -0.15) is 18.2 Å². The number of aliphatic hydroxyl groups excluding tert-OH is 1. The maximum absolute atomic E-state index is 14.0. The molecular formula is C28H25F3N4O6. The number of hydrogen-bond donors (Lipinski definition) is 3. The number of aliphatic carboxylic acids is 1. The smallest absolute Gasteiger partial charge is 0.422 e. The molecule has 3 N–H and O–H groups in total. The van der Waals surface area contributed by atoms with Crippen molar-refractivity contribution in [3.05, 3.63) is 59.7 Å². The highest BCUT2D eigenvalue weighted by Gasteiger charge is 2.43. The summed E-state index contributed by atoms with van der Waals surface area (Å²) in [5, 5.41) is 31.2. The molecule has 0 unspecified atom stereocenters. The van der Waals surface area contributed by atoms with Crippen molar-refractivity contribution in [2.75, 3.05) is 6.61 Å². The van der Waals surface area contributed by atoms with E-state index in [0.29, 0.717) is 29.7 Å². The van der Waals surface area contributed by atoms with Crippen molar-refractivity contribution in [3.63, 3.8) is 0 Å². The molecular weight excluding hydrogens is 545 g/mol. The molecule has 2 aromatic carbocycles. The molecule has 0 saturated heterocycles. The van der Waals surface area contributed by atoms with Crippen molar-refractivity contribution in [3.8, 4) is 40.0 Å². The molecule has 0 bridgehead atoms. The average molecular weight is 571 g/mol. The molecule has 3 heterocycles. The van der Waals surface area contributed by atoms with Crippen LogP contribution in [0.15, 0.2) is 57.6 Å². The number of aliphatic hydroxyl groups is 1. The number of ether oxygens (including phenoxy) is 1. The summed E-state index contributed by atoms with van der Waals surface area (Å²) in [4.78, 5) is 15.5. The third kappa shape index (κ3) is 5.30. The Labute approximate surface area is 231 Å². The third-order valence-corrected chi connectivity index (χ3v) is 7.51. The van der Waals surface area contributed by atoms with Gasteiger partial charge in [-0.1, -0.05) is 59.2 Å². The number of aromatic nitrogens is 3. The van der Waals surface area contributed by atoms with Gasteiger partial charge in [-0.05, 0) is 25.3 Å². The Kier molecular flexibility index (Phi) is 6.99. The van der Waals surface area contributed by atoms with Gasteiger partial charge in [0.25, 0.3) is 5.89 Å². The van der Waals surface area contributed by atoms with Crippen LogP contribution in [0.1, 0.15) is 42.9 Å². The lowest BCUT2D eigenvalue weighted by molar-refractivity contribution is -0.143. The normalized spacial score (nSPS) is 22.6. The molecule has 2 aromatic heterocycles. The Bertz CT molecular complexity index is 1550. The number of hydrogen-bond acceptors (Lipinski definition) is 9. The Morgan fingerprint density at radius 2 is 1.83 bits per heavy atom. The second-order valence-corrected chi connectivity index (χ2v) is 10.2. The van der Waals surface area contributed by atoms with Gasteiger partial charge in [0.05, 0.1) is 12.0 Å². The van der Waals surface area contributed by atoms with E-state index in [2.05, 4.69) is 20.6 Å². The zero-order valence-corrected chi connectivity index (χ0v) is 21.5. The van der Waals surface area contributed by atoms with Crippen molar-refractivity contribution in [2.24, 2.45) is 5.92 Å². The van der Waals surface area contributed by atoms with Gasteiger partial charge in [-0.15, -0.1) is 0 Å². The molecule has 10 nitrogen and oxygen atoms in total. The molecule has 4 aromatic rings. The molecule has 214 valence electrons. The summed E-state index contributed by atoms with van der Waals surface area (Å²) in [7, 11) is 0. The molecule has 0 spiro atoms. The number of carboxylic acids is 1. The lowest BCUT2D eigenvalue weighted by Gasteiger charge is -2.36. The highest BCUT2D eigenvalue weighted by molar-refractivity contribution is 5.71. The largest absolute Gasteiger partial charge is 0.491 e. The van der Waals surface area contributed by atoms with Crippen molar-refractivity contribution in [2.45, 2.75) is 50.0 Å². The number of fused-ring (bicyclic) bond motifs is 1. The number of halogens is 3. The van der Waals surface area contributed by atoms with Crippen LogP contribution in [-0.2, 0) is 11.0 Å². The second-order valence-electron chi connectivity index (χ2n) is 10.2. The molecule has 0 radical (unpaired) electrons. The van der Waals surface area contributed by atoms with E-state index < -0.39 is 47.4 Å². The maximum Gasteiger partial charge on any atom is 0.422 e. The zero-order chi connectivity index (χ0) is 28.7. The van der Waals surface area contributed by atoms with Gasteiger partial charge in [-0.25, -0.2) is 0 Å². The predicted octanol–water partition coefficient (Wildman–Crippen LogP) is 5.10. The molecule has 1 aliphatic carbocycles. The number of nitrogens with zero attached hydrogens (tertiary/aromatic N) is 3. The lowest BCUT2D eigenvalue weighted by Crippen LogP contribution is -2.49. The maximum atomic E-state index is 14.0. The molecule has 0 amide bonds. The van der Waals surface area contributed by atoms with Crippen molar-refractivity contribution in [1.29, 1.82) is 0 Å². The summed E-state index contributed by atoms with van der Waals surface area (Å²) >= 11 is 0. The minimum absolute atomic E-state index is 0.00570. The van der Waals surface area contributed by atoms with Crippen LogP contribution in [0, 0.1) is 5.92 Å². The van der Waals surface area contributed by atoms with E-state index in [1.807, 2.05) is 0 Å². The Morgan fingerprint density at radius 3 is 2.59 bits per heavy atom. The summed E-state index contributed by atoms with van der Waals surface area (Å²) in [6.45, 7) is 0.138. The molecule has 2 aliphatic rings. The first kappa shape index (κ1) is 27.0. The van der Waals surface area contributed by atoms with Gasteiger partial charge in [0, 0.05) is 22.7 Å². The van der Waals surface area contributed by atoms with Gasteiger partial charge in [0.15, 0.2) is 0 Å². The number of nitrogens with one attached hydrogen (secondary N) is 1. The van der Waals surface area contributed by atoms with E-state index >= 15 is 0 Å². The summed E-state index contributed by atoms with van der Waals surface area (Å²) < 4.78 is 58.2. The van der Waals surface area contributed by atoms with E-state index in [1.165, 1.54) is 12.1 Å². The first-order valence-corrected chi connectivity index (χ1v) is 13.1. The van der Waals surface area contributed by atoms with Gasteiger partial charge in [0.1, 0.15) is 29.7 Å². The minimum atomic E-state index is -4.80. The molecule has 41 heavy (non-hydrogen) atoms. The monoisotopic (exact) mass is 570 g/mol. The molecule has 1 saturated carbocycles. The van der Waals surface area contributed by atoms with Crippen molar-refractivity contribution >= 4 is 5.97 Å². The predicted molar refractivity (Wildman–Crippen MR) is 136 cm³/mol. The summed E-state index contributed by atoms with van der Waals surface area (Å²) in [5.74, 6) is -2.04. The fourth-order valence-electron chi connectivity index (χ4n) is 5.46. The third-order valence-electron chi connectivity index (χ3n) is 7.51. The first-order valence-electron chi connectivity index (χ1n) is 13.1. The SMILES string of the molecule is O=C(O)[C@@H]1CCC[C@H](N[C@H]2COc3cc(-c4noc(-c5onc(-c6ccccc6)c5C(F)(F)F)n4)ccc3[C@@H]2O)C1. The number of rotatable bonds is 6. The van der Waals surface area contributed by atoms with Crippen molar-refractivity contribution in [1.82, 2.24) is 20.6 Å². The quantitative estimate of drug-likeness (QED) is 0.286.